The van der Waals surface area contributed by atoms with Crippen molar-refractivity contribution in [2.45, 2.75) is 49.1 Å². The van der Waals surface area contributed by atoms with Gasteiger partial charge in [0.1, 0.15) is 11.5 Å². The lowest BCUT2D eigenvalue weighted by Gasteiger charge is -2.39. The molecule has 0 N–H and O–H groups in total. The van der Waals surface area contributed by atoms with Crippen molar-refractivity contribution in [2.75, 3.05) is 39.3 Å². The lowest BCUT2D eigenvalue weighted by atomic mass is 10.0. The van der Waals surface area contributed by atoms with Gasteiger partial charge in [-0.05, 0) is 96.5 Å². The maximum atomic E-state index is 14.5. The van der Waals surface area contributed by atoms with Gasteiger partial charge < -0.3 is 19.1 Å². The zero-order valence-corrected chi connectivity index (χ0v) is 26.2. The molecule has 0 radical (unpaired) electrons. The standard InChI is InChI=1S/C35H38N2O6S/c1-41-33-21-28(25-8-9-25)22-34(42-2)32(33)23-37(44(39,40)31-15-12-24-6-4-5-7-27(24)20-31)30-16-18-36(19-17-30)29-13-10-26(11-14-29)35(38)43-3/h4-7,10-15,20-22,25,30H,8-9,16-19,23H2,1-3H3. The maximum Gasteiger partial charge on any atom is 0.337 e. The van der Waals surface area contributed by atoms with Crippen molar-refractivity contribution in [3.8, 4) is 11.5 Å². The minimum atomic E-state index is -3.90. The molecule has 0 aromatic heterocycles. The van der Waals surface area contributed by atoms with Crippen LogP contribution in [0.2, 0.25) is 0 Å². The molecule has 4 aromatic rings. The van der Waals surface area contributed by atoms with Crippen LogP contribution in [0.4, 0.5) is 5.69 Å². The summed E-state index contributed by atoms with van der Waals surface area (Å²) >= 11 is 0. The van der Waals surface area contributed by atoms with Crippen LogP contribution in [0.5, 0.6) is 11.5 Å². The molecule has 4 aromatic carbocycles. The van der Waals surface area contributed by atoms with Crippen LogP contribution in [0, 0.1) is 0 Å². The van der Waals surface area contributed by atoms with Crippen LogP contribution < -0.4 is 14.4 Å². The van der Waals surface area contributed by atoms with Crippen LogP contribution in [0.25, 0.3) is 10.8 Å². The van der Waals surface area contributed by atoms with Gasteiger partial charge in [0.2, 0.25) is 10.0 Å². The van der Waals surface area contributed by atoms with Gasteiger partial charge in [-0.25, -0.2) is 13.2 Å². The van der Waals surface area contributed by atoms with Crippen LogP contribution in [-0.2, 0) is 21.3 Å². The number of piperidine rings is 1. The summed E-state index contributed by atoms with van der Waals surface area (Å²) in [6.07, 6.45) is 3.54. The molecule has 0 spiro atoms. The molecule has 2 aliphatic rings. The van der Waals surface area contributed by atoms with E-state index in [2.05, 4.69) is 4.90 Å². The van der Waals surface area contributed by atoms with E-state index in [1.165, 1.54) is 7.11 Å². The number of nitrogens with zero attached hydrogens (tertiary/aromatic N) is 2. The molecule has 0 atom stereocenters. The molecule has 9 heteroatoms. The lowest BCUT2D eigenvalue weighted by Crippen LogP contribution is -2.47. The Hall–Kier alpha value is -4.08. The highest BCUT2D eigenvalue weighted by molar-refractivity contribution is 7.89. The molecule has 0 bridgehead atoms. The van der Waals surface area contributed by atoms with Gasteiger partial charge in [-0.1, -0.05) is 30.3 Å². The molecule has 1 aliphatic heterocycles. The first kappa shape index (κ1) is 30.0. The number of sulfonamides is 1. The predicted octanol–water partition coefficient (Wildman–Crippen LogP) is 6.38. The Kier molecular flexibility index (Phi) is 8.51. The highest BCUT2D eigenvalue weighted by atomic mass is 32.2. The third kappa shape index (κ3) is 5.99. The average Bonchev–Trinajstić information content (AvgIpc) is 3.92. The van der Waals surface area contributed by atoms with E-state index in [1.807, 2.05) is 54.6 Å². The molecule has 8 nitrogen and oxygen atoms in total. The van der Waals surface area contributed by atoms with E-state index in [1.54, 1.807) is 42.8 Å². The third-order valence-corrected chi connectivity index (χ3v) is 10.7. The smallest absolute Gasteiger partial charge is 0.337 e. The number of anilines is 1. The average molecular weight is 615 g/mol. The topological polar surface area (TPSA) is 85.4 Å². The summed E-state index contributed by atoms with van der Waals surface area (Å²) in [5.41, 5.74) is 3.37. The van der Waals surface area contributed by atoms with Crippen LogP contribution in [-0.4, -0.2) is 59.2 Å². The first-order valence-electron chi connectivity index (χ1n) is 15.0. The SMILES string of the molecule is COC(=O)c1ccc(N2CCC(N(Cc3c(OC)cc(C4CC4)cc3OC)S(=O)(=O)c3ccc4ccccc4c3)CC2)cc1. The molecule has 1 saturated carbocycles. The summed E-state index contributed by atoms with van der Waals surface area (Å²) in [7, 11) is 0.716. The monoisotopic (exact) mass is 614 g/mol. The van der Waals surface area contributed by atoms with E-state index in [0.29, 0.717) is 48.9 Å². The summed E-state index contributed by atoms with van der Waals surface area (Å²) in [4.78, 5) is 14.4. The van der Waals surface area contributed by atoms with Crippen molar-refractivity contribution >= 4 is 32.5 Å². The van der Waals surface area contributed by atoms with Gasteiger partial charge in [-0.2, -0.15) is 4.31 Å². The summed E-state index contributed by atoms with van der Waals surface area (Å²) in [6.45, 7) is 1.46. The number of rotatable bonds is 10. The van der Waals surface area contributed by atoms with Crippen LogP contribution in [0.15, 0.2) is 83.8 Å². The van der Waals surface area contributed by atoms with Gasteiger partial charge in [0.05, 0.1) is 37.4 Å². The van der Waals surface area contributed by atoms with Crippen LogP contribution in [0.3, 0.4) is 0 Å². The lowest BCUT2D eigenvalue weighted by molar-refractivity contribution is 0.0600. The van der Waals surface area contributed by atoms with Crippen molar-refractivity contribution in [2.24, 2.45) is 0 Å². The number of hydrogen-bond donors (Lipinski definition) is 0. The highest BCUT2D eigenvalue weighted by Gasteiger charge is 2.36. The van der Waals surface area contributed by atoms with E-state index >= 15 is 0 Å². The Morgan fingerprint density at radius 3 is 2.05 bits per heavy atom. The molecule has 6 rings (SSSR count). The molecular formula is C35H38N2O6S. The van der Waals surface area contributed by atoms with E-state index in [4.69, 9.17) is 14.2 Å². The van der Waals surface area contributed by atoms with Gasteiger partial charge in [-0.3, -0.25) is 0 Å². The van der Waals surface area contributed by atoms with Gasteiger partial charge >= 0.3 is 5.97 Å². The van der Waals surface area contributed by atoms with Crippen LogP contribution in [0.1, 0.15) is 53.1 Å². The molecule has 1 saturated heterocycles. The molecule has 1 heterocycles. The summed E-state index contributed by atoms with van der Waals surface area (Å²) in [6, 6.07) is 24.3. The summed E-state index contributed by atoms with van der Waals surface area (Å²) in [5, 5.41) is 1.87. The normalized spacial score (nSPS) is 15.9. The number of hydrogen-bond acceptors (Lipinski definition) is 7. The maximum absolute atomic E-state index is 14.5. The van der Waals surface area contributed by atoms with Crippen molar-refractivity contribution in [1.82, 2.24) is 4.31 Å². The Morgan fingerprint density at radius 1 is 0.818 bits per heavy atom. The van der Waals surface area contributed by atoms with E-state index < -0.39 is 10.0 Å². The first-order chi connectivity index (χ1) is 21.3. The number of carbonyl (C=O) groups is 1. The van der Waals surface area contributed by atoms with Crippen molar-refractivity contribution < 1.29 is 27.4 Å². The molecule has 2 fully saturated rings. The molecule has 44 heavy (non-hydrogen) atoms. The first-order valence-corrected chi connectivity index (χ1v) is 16.4. The molecule has 1 aliphatic carbocycles. The zero-order chi connectivity index (χ0) is 30.8. The fourth-order valence-corrected chi connectivity index (χ4v) is 7.87. The van der Waals surface area contributed by atoms with Crippen molar-refractivity contribution in [3.63, 3.8) is 0 Å². The quantitative estimate of drug-likeness (QED) is 0.192. The third-order valence-electron chi connectivity index (χ3n) is 8.85. The molecule has 0 amide bonds. The van der Waals surface area contributed by atoms with Crippen molar-refractivity contribution in [3.05, 3.63) is 95.6 Å². The Bertz CT molecular complexity index is 1740. The van der Waals surface area contributed by atoms with E-state index in [9.17, 15) is 13.2 Å². The largest absolute Gasteiger partial charge is 0.496 e. The Balaban J connectivity index is 1.33. The predicted molar refractivity (Wildman–Crippen MR) is 171 cm³/mol. The number of ether oxygens (including phenoxy) is 3. The molecular weight excluding hydrogens is 576 g/mol. The second-order valence-electron chi connectivity index (χ2n) is 11.5. The zero-order valence-electron chi connectivity index (χ0n) is 25.4. The van der Waals surface area contributed by atoms with Gasteiger partial charge in [0.15, 0.2) is 0 Å². The van der Waals surface area contributed by atoms with Gasteiger partial charge in [-0.15, -0.1) is 0 Å². The van der Waals surface area contributed by atoms with E-state index in [-0.39, 0.29) is 23.5 Å². The minimum absolute atomic E-state index is 0.130. The fraction of sp³-hybridized carbons (Fsp3) is 0.343. The fourth-order valence-electron chi connectivity index (χ4n) is 6.18. The second kappa shape index (κ2) is 12.5. The number of methoxy groups -OCH3 is 3. The highest BCUT2D eigenvalue weighted by Crippen LogP contribution is 2.45. The number of esters is 1. The minimum Gasteiger partial charge on any atom is -0.496 e. The van der Waals surface area contributed by atoms with Gasteiger partial charge in [0, 0.05) is 31.4 Å². The number of fused-ring (bicyclic) bond motifs is 1. The van der Waals surface area contributed by atoms with E-state index in [0.717, 1.165) is 40.4 Å². The van der Waals surface area contributed by atoms with Crippen LogP contribution >= 0.6 is 0 Å². The van der Waals surface area contributed by atoms with Gasteiger partial charge in [0.25, 0.3) is 0 Å². The summed E-state index contributed by atoms with van der Waals surface area (Å²) in [5.74, 6) is 1.41. The molecule has 0 unspecified atom stereocenters. The summed E-state index contributed by atoms with van der Waals surface area (Å²) < 4.78 is 47.2. The molecule has 230 valence electrons. The second-order valence-corrected chi connectivity index (χ2v) is 13.4. The number of carbonyl (C=O) groups excluding carboxylic acids is 1. The Morgan fingerprint density at radius 2 is 1.45 bits per heavy atom. The Labute approximate surface area is 259 Å². The number of benzene rings is 4. The van der Waals surface area contributed by atoms with Crippen molar-refractivity contribution in [1.29, 1.82) is 0 Å².